The van der Waals surface area contributed by atoms with Crippen molar-refractivity contribution in [3.63, 3.8) is 0 Å². The summed E-state index contributed by atoms with van der Waals surface area (Å²) in [5.74, 6) is -0.0338. The van der Waals surface area contributed by atoms with Gasteiger partial charge in [0.05, 0.1) is 13.2 Å². The van der Waals surface area contributed by atoms with Crippen LogP contribution in [0.3, 0.4) is 0 Å². The standard InChI is InChI=1S/C26H25N3O5/c1-15(2)33-26(31)22-23(30)21(12-17-13-28-24-19(17)7-5-10-27-24)34-25(22)29-11-9-18-16(14-29)6-4-8-20(18)32-3/h4-8,10,12-13,15H,9,11,14H2,1-3H3,(H,27,28)/b21-12-. The molecule has 2 aliphatic rings. The lowest BCUT2D eigenvalue weighted by Gasteiger charge is -2.31. The van der Waals surface area contributed by atoms with Crippen molar-refractivity contribution in [3.8, 4) is 5.75 Å². The zero-order valence-electron chi connectivity index (χ0n) is 19.3. The predicted molar refractivity (Wildman–Crippen MR) is 126 cm³/mol. The smallest absolute Gasteiger partial charge is 0.348 e. The molecule has 8 heteroatoms. The van der Waals surface area contributed by atoms with Gasteiger partial charge in [-0.05, 0) is 50.1 Å². The van der Waals surface area contributed by atoms with Gasteiger partial charge < -0.3 is 24.1 Å². The summed E-state index contributed by atoms with van der Waals surface area (Å²) in [5.41, 5.74) is 3.56. The second-order valence-electron chi connectivity index (χ2n) is 8.49. The van der Waals surface area contributed by atoms with E-state index in [0.29, 0.717) is 25.2 Å². The van der Waals surface area contributed by atoms with Crippen LogP contribution in [-0.2, 0) is 32.0 Å². The normalized spacial score (nSPS) is 16.9. The number of nitrogens with zero attached hydrogens (tertiary/aromatic N) is 2. The van der Waals surface area contributed by atoms with E-state index in [-0.39, 0.29) is 23.3 Å². The predicted octanol–water partition coefficient (Wildman–Crippen LogP) is 3.73. The molecule has 0 saturated carbocycles. The molecule has 0 bridgehead atoms. The molecule has 0 aliphatic carbocycles. The van der Waals surface area contributed by atoms with E-state index in [1.54, 1.807) is 39.4 Å². The van der Waals surface area contributed by atoms with Crippen LogP contribution in [0.2, 0.25) is 0 Å². The number of H-pyrrole nitrogens is 1. The second kappa shape index (κ2) is 8.70. The molecule has 8 nitrogen and oxygen atoms in total. The lowest BCUT2D eigenvalue weighted by Crippen LogP contribution is -2.32. The fraction of sp³-hybridized carbons (Fsp3) is 0.269. The molecule has 0 spiro atoms. The molecular weight excluding hydrogens is 434 g/mol. The molecule has 2 aromatic heterocycles. The highest BCUT2D eigenvalue weighted by atomic mass is 16.6. The number of aromatic amines is 1. The molecule has 5 rings (SSSR count). The lowest BCUT2D eigenvalue weighted by molar-refractivity contribution is -0.143. The molecule has 0 atom stereocenters. The number of nitrogens with one attached hydrogen (secondary N) is 1. The Hall–Kier alpha value is -4.07. The third kappa shape index (κ3) is 3.81. The van der Waals surface area contributed by atoms with Crippen LogP contribution in [0.5, 0.6) is 5.75 Å². The Bertz CT molecular complexity index is 1350. The fourth-order valence-corrected chi connectivity index (χ4v) is 4.37. The average Bonchev–Trinajstić information content (AvgIpc) is 3.39. The number of pyridine rings is 1. The highest BCUT2D eigenvalue weighted by Crippen LogP contribution is 2.35. The summed E-state index contributed by atoms with van der Waals surface area (Å²) in [7, 11) is 1.65. The number of benzene rings is 1. The number of carbonyl (C=O) groups is 2. The Morgan fingerprint density at radius 3 is 2.91 bits per heavy atom. The van der Waals surface area contributed by atoms with Gasteiger partial charge in [0.15, 0.2) is 11.3 Å². The number of hydrogen-bond acceptors (Lipinski definition) is 7. The van der Waals surface area contributed by atoms with E-state index in [0.717, 1.165) is 27.8 Å². The van der Waals surface area contributed by atoms with E-state index in [1.165, 1.54) is 0 Å². The molecule has 2 aliphatic heterocycles. The summed E-state index contributed by atoms with van der Waals surface area (Å²) in [4.78, 5) is 35.6. The summed E-state index contributed by atoms with van der Waals surface area (Å²) in [6.07, 6.45) is 5.41. The number of allylic oxidation sites excluding steroid dienone is 1. The number of Topliss-reactive ketones (excluding diaryl/α,β-unsaturated/α-hetero) is 1. The molecule has 0 amide bonds. The number of methoxy groups -OCH3 is 1. The van der Waals surface area contributed by atoms with Crippen LogP contribution in [0.4, 0.5) is 0 Å². The maximum atomic E-state index is 13.4. The molecule has 1 aromatic carbocycles. The molecule has 34 heavy (non-hydrogen) atoms. The van der Waals surface area contributed by atoms with Crippen LogP contribution >= 0.6 is 0 Å². The van der Waals surface area contributed by atoms with E-state index in [9.17, 15) is 9.59 Å². The quantitative estimate of drug-likeness (QED) is 0.353. The van der Waals surface area contributed by atoms with Gasteiger partial charge in [-0.25, -0.2) is 9.78 Å². The van der Waals surface area contributed by atoms with Gasteiger partial charge in [-0.15, -0.1) is 0 Å². The largest absolute Gasteiger partial charge is 0.496 e. The number of esters is 1. The van der Waals surface area contributed by atoms with Crippen molar-refractivity contribution in [2.45, 2.75) is 32.9 Å². The van der Waals surface area contributed by atoms with Crippen molar-refractivity contribution in [3.05, 3.63) is 76.6 Å². The Balaban J connectivity index is 1.52. The lowest BCUT2D eigenvalue weighted by atomic mass is 9.98. The molecule has 0 saturated heterocycles. The third-order valence-corrected chi connectivity index (χ3v) is 5.92. The molecule has 174 valence electrons. The second-order valence-corrected chi connectivity index (χ2v) is 8.49. The molecule has 1 N–H and O–H groups in total. The zero-order chi connectivity index (χ0) is 23.8. The Morgan fingerprint density at radius 2 is 2.12 bits per heavy atom. The monoisotopic (exact) mass is 459 g/mol. The summed E-state index contributed by atoms with van der Waals surface area (Å²) in [6, 6.07) is 9.61. The fourth-order valence-electron chi connectivity index (χ4n) is 4.37. The van der Waals surface area contributed by atoms with Crippen LogP contribution in [0.15, 0.2) is 59.9 Å². The van der Waals surface area contributed by atoms with Gasteiger partial charge in [-0.3, -0.25) is 4.79 Å². The van der Waals surface area contributed by atoms with E-state index in [1.807, 2.05) is 35.2 Å². The van der Waals surface area contributed by atoms with Gasteiger partial charge in [-0.2, -0.15) is 0 Å². The minimum atomic E-state index is -0.685. The Morgan fingerprint density at radius 1 is 1.26 bits per heavy atom. The van der Waals surface area contributed by atoms with Gasteiger partial charge in [0, 0.05) is 42.0 Å². The van der Waals surface area contributed by atoms with Gasteiger partial charge in [0.25, 0.3) is 0 Å². The summed E-state index contributed by atoms with van der Waals surface area (Å²) in [5, 5.41) is 0.852. The van der Waals surface area contributed by atoms with Crippen LogP contribution in [-0.4, -0.2) is 46.4 Å². The van der Waals surface area contributed by atoms with Crippen LogP contribution in [0.25, 0.3) is 17.1 Å². The van der Waals surface area contributed by atoms with Gasteiger partial charge in [-0.1, -0.05) is 12.1 Å². The van der Waals surface area contributed by atoms with Gasteiger partial charge in [0.2, 0.25) is 11.7 Å². The number of rotatable bonds is 5. The first kappa shape index (κ1) is 21.8. The number of ether oxygens (including phenoxy) is 3. The molecule has 3 aromatic rings. The minimum absolute atomic E-state index is 0.0758. The maximum absolute atomic E-state index is 13.4. The third-order valence-electron chi connectivity index (χ3n) is 5.92. The van der Waals surface area contributed by atoms with E-state index >= 15 is 0 Å². The topological polar surface area (TPSA) is 93.8 Å². The SMILES string of the molecule is COc1cccc2c1CCN(C1=C(C(=O)OC(C)C)C(=O)/C(=C/c3c[nH]c4ncccc34)O1)C2. The number of aromatic nitrogens is 2. The average molecular weight is 460 g/mol. The van der Waals surface area contributed by atoms with E-state index in [2.05, 4.69) is 9.97 Å². The van der Waals surface area contributed by atoms with Crippen molar-refractivity contribution in [2.75, 3.05) is 13.7 Å². The molecule has 0 unspecified atom stereocenters. The Labute approximate surface area is 196 Å². The van der Waals surface area contributed by atoms with Crippen LogP contribution < -0.4 is 4.74 Å². The molecule has 4 heterocycles. The van der Waals surface area contributed by atoms with Gasteiger partial charge in [0.1, 0.15) is 11.4 Å². The van der Waals surface area contributed by atoms with E-state index < -0.39 is 11.8 Å². The highest BCUT2D eigenvalue weighted by Gasteiger charge is 2.40. The van der Waals surface area contributed by atoms with Crippen molar-refractivity contribution >= 4 is 28.9 Å². The summed E-state index contributed by atoms with van der Waals surface area (Å²) in [6.45, 7) is 4.55. The van der Waals surface area contributed by atoms with Crippen molar-refractivity contribution in [1.82, 2.24) is 14.9 Å². The minimum Gasteiger partial charge on any atom is -0.496 e. The number of carbonyl (C=O) groups excluding carboxylic acids is 2. The first-order valence-electron chi connectivity index (χ1n) is 11.2. The van der Waals surface area contributed by atoms with Crippen LogP contribution in [0, 0.1) is 0 Å². The van der Waals surface area contributed by atoms with Crippen molar-refractivity contribution in [2.24, 2.45) is 0 Å². The summed E-state index contributed by atoms with van der Waals surface area (Å²) < 4.78 is 17.0. The van der Waals surface area contributed by atoms with Crippen molar-refractivity contribution in [1.29, 1.82) is 0 Å². The summed E-state index contributed by atoms with van der Waals surface area (Å²) >= 11 is 0. The molecule has 0 radical (unpaired) electrons. The Kier molecular flexibility index (Phi) is 5.57. The first-order valence-corrected chi connectivity index (χ1v) is 11.2. The number of hydrogen-bond donors (Lipinski definition) is 1. The van der Waals surface area contributed by atoms with Gasteiger partial charge >= 0.3 is 5.97 Å². The van der Waals surface area contributed by atoms with Crippen molar-refractivity contribution < 1.29 is 23.8 Å². The van der Waals surface area contributed by atoms with Crippen LogP contribution in [0.1, 0.15) is 30.5 Å². The number of ketones is 1. The number of fused-ring (bicyclic) bond motifs is 2. The molecule has 0 fully saturated rings. The maximum Gasteiger partial charge on any atom is 0.348 e. The highest BCUT2D eigenvalue weighted by molar-refractivity contribution is 6.26. The zero-order valence-corrected chi connectivity index (χ0v) is 19.3. The first-order chi connectivity index (χ1) is 16.5. The molecular formula is C26H25N3O5. The van der Waals surface area contributed by atoms with E-state index in [4.69, 9.17) is 14.2 Å².